The Morgan fingerprint density at radius 1 is 0.900 bits per heavy atom. The van der Waals surface area contributed by atoms with Crippen LogP contribution in [0, 0.1) is 0 Å². The number of carbonyl (C=O) groups is 1. The fraction of sp³-hybridized carbons (Fsp3) is 0.118. The van der Waals surface area contributed by atoms with Gasteiger partial charge in [0.05, 0.1) is 5.70 Å². The van der Waals surface area contributed by atoms with Crippen LogP contribution >= 0.6 is 0 Å². The van der Waals surface area contributed by atoms with Gasteiger partial charge in [0.15, 0.2) is 0 Å². The number of benzene rings is 2. The lowest BCUT2D eigenvalue weighted by atomic mass is 10.1. The molecule has 20 heavy (non-hydrogen) atoms. The minimum Gasteiger partial charge on any atom is -0.298 e. The Hall–Kier alpha value is -2.55. The Balaban J connectivity index is 2.04. The van der Waals surface area contributed by atoms with Crippen LogP contribution in [0.25, 0.3) is 5.70 Å². The molecule has 0 radical (unpaired) electrons. The molecule has 0 aliphatic rings. The standard InChI is InChI=1S/C17H18N2O/c1-2-9-16(14-10-5-3-6-11-14)18-19-17(20)15-12-7-4-8-13-15/h3-13,18H,2H2,1H3,(H,19,20)/b16-9-. The summed E-state index contributed by atoms with van der Waals surface area (Å²) in [6.45, 7) is 2.06. The third-order valence-corrected chi connectivity index (χ3v) is 2.84. The second-order valence-corrected chi connectivity index (χ2v) is 4.34. The number of hydrogen-bond acceptors (Lipinski definition) is 2. The Labute approximate surface area is 119 Å². The van der Waals surface area contributed by atoms with Crippen molar-refractivity contribution in [3.8, 4) is 0 Å². The zero-order valence-corrected chi connectivity index (χ0v) is 11.5. The van der Waals surface area contributed by atoms with Crippen molar-refractivity contribution >= 4 is 11.6 Å². The summed E-state index contributed by atoms with van der Waals surface area (Å²) in [5.41, 5.74) is 8.30. The summed E-state index contributed by atoms with van der Waals surface area (Å²) in [7, 11) is 0. The van der Waals surface area contributed by atoms with Crippen LogP contribution in [0.15, 0.2) is 66.7 Å². The molecule has 0 bridgehead atoms. The Kier molecular flexibility index (Phi) is 4.95. The lowest BCUT2D eigenvalue weighted by Crippen LogP contribution is -2.36. The number of rotatable bonds is 5. The van der Waals surface area contributed by atoms with Crippen LogP contribution in [-0.4, -0.2) is 5.91 Å². The van der Waals surface area contributed by atoms with Gasteiger partial charge in [-0.25, -0.2) is 0 Å². The summed E-state index contributed by atoms with van der Waals surface area (Å²) in [6, 6.07) is 19.0. The molecule has 0 atom stereocenters. The maximum absolute atomic E-state index is 12.0. The van der Waals surface area contributed by atoms with Gasteiger partial charge in [0.25, 0.3) is 5.91 Å². The van der Waals surface area contributed by atoms with Crippen molar-refractivity contribution in [1.29, 1.82) is 0 Å². The molecule has 0 saturated heterocycles. The van der Waals surface area contributed by atoms with E-state index in [1.165, 1.54) is 0 Å². The van der Waals surface area contributed by atoms with Crippen molar-refractivity contribution in [3.05, 3.63) is 77.9 Å². The maximum Gasteiger partial charge on any atom is 0.269 e. The first-order valence-electron chi connectivity index (χ1n) is 6.68. The van der Waals surface area contributed by atoms with Crippen molar-refractivity contribution in [2.45, 2.75) is 13.3 Å². The SMILES string of the molecule is CC/C=C(\NNC(=O)c1ccccc1)c1ccccc1. The van der Waals surface area contributed by atoms with Crippen LogP contribution < -0.4 is 10.9 Å². The van der Waals surface area contributed by atoms with E-state index in [1.807, 2.05) is 54.6 Å². The number of carbonyl (C=O) groups excluding carboxylic acids is 1. The summed E-state index contributed by atoms with van der Waals surface area (Å²) in [5, 5.41) is 0. The van der Waals surface area contributed by atoms with Crippen molar-refractivity contribution in [3.63, 3.8) is 0 Å². The van der Waals surface area contributed by atoms with Crippen LogP contribution in [0.5, 0.6) is 0 Å². The number of allylic oxidation sites excluding steroid dienone is 1. The molecule has 0 spiro atoms. The smallest absolute Gasteiger partial charge is 0.269 e. The van der Waals surface area contributed by atoms with Crippen LogP contribution in [0.4, 0.5) is 0 Å². The van der Waals surface area contributed by atoms with Gasteiger partial charge in [0.2, 0.25) is 0 Å². The van der Waals surface area contributed by atoms with Gasteiger partial charge in [0, 0.05) is 5.56 Å². The van der Waals surface area contributed by atoms with Crippen molar-refractivity contribution in [2.24, 2.45) is 0 Å². The minimum absolute atomic E-state index is 0.150. The normalized spacial score (nSPS) is 10.9. The van der Waals surface area contributed by atoms with Crippen molar-refractivity contribution in [1.82, 2.24) is 10.9 Å². The van der Waals surface area contributed by atoms with E-state index in [2.05, 4.69) is 17.8 Å². The fourth-order valence-corrected chi connectivity index (χ4v) is 1.85. The molecule has 0 aromatic heterocycles. The molecule has 2 aromatic carbocycles. The number of hydrazine groups is 1. The van der Waals surface area contributed by atoms with Crippen molar-refractivity contribution < 1.29 is 4.79 Å². The average Bonchev–Trinajstić information content (AvgIpc) is 2.53. The van der Waals surface area contributed by atoms with Gasteiger partial charge in [0.1, 0.15) is 0 Å². The summed E-state index contributed by atoms with van der Waals surface area (Å²) in [6.07, 6.45) is 2.93. The predicted molar refractivity (Wildman–Crippen MR) is 81.8 cm³/mol. The average molecular weight is 266 g/mol. The fourth-order valence-electron chi connectivity index (χ4n) is 1.85. The van der Waals surface area contributed by atoms with Crippen LogP contribution in [0.1, 0.15) is 29.3 Å². The van der Waals surface area contributed by atoms with E-state index < -0.39 is 0 Å². The van der Waals surface area contributed by atoms with Gasteiger partial charge in [-0.15, -0.1) is 0 Å². The Morgan fingerprint density at radius 3 is 2.00 bits per heavy atom. The molecule has 102 valence electrons. The van der Waals surface area contributed by atoms with Crippen LogP contribution in [0.3, 0.4) is 0 Å². The van der Waals surface area contributed by atoms with Gasteiger partial charge >= 0.3 is 0 Å². The molecule has 3 heteroatoms. The summed E-state index contributed by atoms with van der Waals surface area (Å²) in [4.78, 5) is 12.0. The molecule has 0 aliphatic heterocycles. The third kappa shape index (κ3) is 3.72. The second-order valence-electron chi connectivity index (χ2n) is 4.34. The van der Waals surface area contributed by atoms with E-state index in [4.69, 9.17) is 0 Å². The molecule has 0 fully saturated rings. The van der Waals surface area contributed by atoms with Gasteiger partial charge in [-0.2, -0.15) is 0 Å². The van der Waals surface area contributed by atoms with Crippen molar-refractivity contribution in [2.75, 3.05) is 0 Å². The zero-order valence-electron chi connectivity index (χ0n) is 11.5. The molecular formula is C17H18N2O. The molecule has 0 unspecified atom stereocenters. The number of hydrogen-bond donors (Lipinski definition) is 2. The Morgan fingerprint density at radius 2 is 1.45 bits per heavy atom. The Bertz CT molecular complexity index is 576. The van der Waals surface area contributed by atoms with Gasteiger partial charge < -0.3 is 0 Å². The lowest BCUT2D eigenvalue weighted by molar-refractivity contribution is 0.0942. The first kappa shape index (κ1) is 13.9. The van der Waals surface area contributed by atoms with E-state index in [-0.39, 0.29) is 5.91 Å². The quantitative estimate of drug-likeness (QED) is 0.815. The van der Waals surface area contributed by atoms with E-state index in [0.717, 1.165) is 17.7 Å². The van der Waals surface area contributed by atoms with Crippen LogP contribution in [0.2, 0.25) is 0 Å². The van der Waals surface area contributed by atoms with Crippen LogP contribution in [-0.2, 0) is 0 Å². The molecule has 2 N–H and O–H groups in total. The highest BCUT2D eigenvalue weighted by molar-refractivity contribution is 5.94. The predicted octanol–water partition coefficient (Wildman–Crippen LogP) is 3.37. The first-order chi connectivity index (χ1) is 9.81. The van der Waals surface area contributed by atoms with E-state index >= 15 is 0 Å². The monoisotopic (exact) mass is 266 g/mol. The van der Waals surface area contributed by atoms with E-state index in [0.29, 0.717) is 5.56 Å². The molecule has 3 nitrogen and oxygen atoms in total. The summed E-state index contributed by atoms with van der Waals surface area (Å²) >= 11 is 0. The number of amides is 1. The van der Waals surface area contributed by atoms with Gasteiger partial charge in [-0.3, -0.25) is 15.6 Å². The highest BCUT2D eigenvalue weighted by atomic mass is 16.2. The maximum atomic E-state index is 12.0. The molecular weight excluding hydrogens is 248 g/mol. The third-order valence-electron chi connectivity index (χ3n) is 2.84. The molecule has 0 heterocycles. The molecule has 2 aromatic rings. The molecule has 0 saturated carbocycles. The number of nitrogens with one attached hydrogen (secondary N) is 2. The summed E-state index contributed by atoms with van der Waals surface area (Å²) < 4.78 is 0. The zero-order chi connectivity index (χ0) is 14.2. The molecule has 1 amide bonds. The molecule has 0 aliphatic carbocycles. The van der Waals surface area contributed by atoms with E-state index in [9.17, 15) is 4.79 Å². The molecule has 2 rings (SSSR count). The second kappa shape index (κ2) is 7.14. The minimum atomic E-state index is -0.150. The lowest BCUT2D eigenvalue weighted by Gasteiger charge is -2.12. The highest BCUT2D eigenvalue weighted by Gasteiger charge is 2.05. The topological polar surface area (TPSA) is 41.1 Å². The summed E-state index contributed by atoms with van der Waals surface area (Å²) in [5.74, 6) is -0.150. The highest BCUT2D eigenvalue weighted by Crippen LogP contribution is 2.10. The first-order valence-corrected chi connectivity index (χ1v) is 6.68. The van der Waals surface area contributed by atoms with E-state index in [1.54, 1.807) is 12.1 Å². The van der Waals surface area contributed by atoms with Gasteiger partial charge in [-0.1, -0.05) is 61.5 Å². The largest absolute Gasteiger partial charge is 0.298 e. The van der Waals surface area contributed by atoms with Gasteiger partial charge in [-0.05, 0) is 24.1 Å².